The number of ether oxygens (including phenoxy) is 1. The molecule has 5 rings (SSSR count). The molecule has 2 heterocycles. The first-order valence-corrected chi connectivity index (χ1v) is 8.72. The highest BCUT2D eigenvalue weighted by Gasteiger charge is 2.20. The summed E-state index contributed by atoms with van der Waals surface area (Å²) in [6, 6.07) is 10.2. The Balaban J connectivity index is 1.55. The van der Waals surface area contributed by atoms with Crippen LogP contribution in [0.5, 0.6) is 11.5 Å². The van der Waals surface area contributed by atoms with Crippen molar-refractivity contribution in [1.29, 1.82) is 0 Å². The minimum Gasteiger partial charge on any atom is -0.451 e. The molecule has 0 aliphatic heterocycles. The molecule has 2 N–H and O–H groups in total. The molecule has 142 valence electrons. The van der Waals surface area contributed by atoms with Gasteiger partial charge in [0.05, 0.1) is 0 Å². The zero-order valence-electron chi connectivity index (χ0n) is 14.9. The van der Waals surface area contributed by atoms with Crippen LogP contribution < -0.4 is 10.5 Å². The average molecular weight is 389 g/mol. The Morgan fingerprint density at radius 3 is 2.38 bits per heavy atom. The molecule has 2 aromatic heterocycles. The number of halogens is 2. The van der Waals surface area contributed by atoms with E-state index in [1.807, 2.05) is 18.2 Å². The van der Waals surface area contributed by atoms with Crippen molar-refractivity contribution < 1.29 is 13.5 Å². The number of allylic oxidation sites excluding steroid dienone is 4. The minimum atomic E-state index is -0.773. The van der Waals surface area contributed by atoms with Crippen LogP contribution in [0.25, 0.3) is 22.3 Å². The van der Waals surface area contributed by atoms with Gasteiger partial charge in [-0.3, -0.25) is 0 Å². The number of fused-ring (bicyclic) bond motifs is 1. The van der Waals surface area contributed by atoms with Gasteiger partial charge in [-0.15, -0.1) is 0 Å². The van der Waals surface area contributed by atoms with E-state index in [1.54, 1.807) is 28.8 Å². The quantitative estimate of drug-likeness (QED) is 0.560. The van der Waals surface area contributed by atoms with E-state index in [1.165, 1.54) is 12.4 Å². The number of hydrogen-bond donors (Lipinski definition) is 1. The van der Waals surface area contributed by atoms with Crippen LogP contribution in [0.4, 0.5) is 14.6 Å². The van der Waals surface area contributed by atoms with E-state index in [-0.39, 0.29) is 5.75 Å². The van der Waals surface area contributed by atoms with Crippen molar-refractivity contribution >= 4 is 16.9 Å². The number of rotatable bonds is 4. The summed E-state index contributed by atoms with van der Waals surface area (Å²) in [4.78, 5) is 8.75. The molecule has 29 heavy (non-hydrogen) atoms. The second-order valence-electron chi connectivity index (χ2n) is 6.35. The number of nitrogen functional groups attached to an aromatic ring is 1. The van der Waals surface area contributed by atoms with Crippen molar-refractivity contribution in [3.05, 3.63) is 84.5 Å². The predicted molar refractivity (Wildman–Crippen MR) is 104 cm³/mol. The first kappa shape index (κ1) is 17.1. The Bertz CT molecular complexity index is 1290. The molecule has 6 nitrogen and oxygen atoms in total. The number of aromatic nitrogens is 4. The molecule has 0 saturated carbocycles. The molecule has 1 aliphatic carbocycles. The maximum absolute atomic E-state index is 13.8. The highest BCUT2D eigenvalue weighted by molar-refractivity contribution is 5.89. The fourth-order valence-electron chi connectivity index (χ4n) is 3.06. The Hall–Kier alpha value is -4.07. The van der Waals surface area contributed by atoms with Gasteiger partial charge in [0.2, 0.25) is 0 Å². The second-order valence-corrected chi connectivity index (χ2v) is 6.35. The van der Waals surface area contributed by atoms with E-state index in [0.29, 0.717) is 22.9 Å². The highest BCUT2D eigenvalue weighted by Crippen LogP contribution is 2.33. The zero-order chi connectivity index (χ0) is 20.0. The Morgan fingerprint density at radius 1 is 1.00 bits per heavy atom. The number of anilines is 1. The lowest BCUT2D eigenvalue weighted by Gasteiger charge is -2.08. The van der Waals surface area contributed by atoms with Crippen LogP contribution in [-0.4, -0.2) is 19.6 Å². The molecular formula is C21H13F2N5O. The summed E-state index contributed by atoms with van der Waals surface area (Å²) in [6.07, 6.45) is 7.14. The summed E-state index contributed by atoms with van der Waals surface area (Å²) in [7, 11) is 0. The van der Waals surface area contributed by atoms with Gasteiger partial charge in [0.15, 0.2) is 29.0 Å². The highest BCUT2D eigenvalue weighted by atomic mass is 19.1. The van der Waals surface area contributed by atoms with Gasteiger partial charge in [0.25, 0.3) is 0 Å². The van der Waals surface area contributed by atoms with Gasteiger partial charge >= 0.3 is 0 Å². The average Bonchev–Trinajstić information content (AvgIpc) is 3.05. The molecule has 0 spiro atoms. The van der Waals surface area contributed by atoms with E-state index >= 15 is 0 Å². The normalized spacial score (nSPS) is 12.7. The third kappa shape index (κ3) is 2.82. The van der Waals surface area contributed by atoms with Crippen LogP contribution in [0.15, 0.2) is 67.0 Å². The van der Waals surface area contributed by atoms with Crippen molar-refractivity contribution in [3.8, 4) is 22.8 Å². The van der Waals surface area contributed by atoms with Crippen LogP contribution in [0.3, 0.4) is 0 Å². The summed E-state index contributed by atoms with van der Waals surface area (Å²) in [5, 5.41) is 4.26. The second kappa shape index (κ2) is 6.52. The fourth-order valence-corrected chi connectivity index (χ4v) is 3.06. The van der Waals surface area contributed by atoms with Crippen LogP contribution in [0, 0.1) is 11.6 Å². The van der Waals surface area contributed by atoms with E-state index in [9.17, 15) is 8.78 Å². The molecule has 4 aromatic rings. The van der Waals surface area contributed by atoms with Crippen LogP contribution in [0.1, 0.15) is 5.82 Å². The number of nitrogens with two attached hydrogens (primary N) is 1. The molecule has 0 unspecified atom stereocenters. The number of para-hydroxylation sites is 1. The maximum Gasteiger partial charge on any atom is 0.198 e. The van der Waals surface area contributed by atoms with Gasteiger partial charge in [0.1, 0.15) is 23.3 Å². The molecule has 0 bridgehead atoms. The molecule has 0 radical (unpaired) electrons. The Morgan fingerprint density at radius 2 is 1.72 bits per heavy atom. The summed E-state index contributed by atoms with van der Waals surface area (Å²) in [6.45, 7) is 0. The van der Waals surface area contributed by atoms with Crippen molar-refractivity contribution in [2.24, 2.45) is 0 Å². The van der Waals surface area contributed by atoms with Gasteiger partial charge in [0, 0.05) is 11.1 Å². The first-order valence-electron chi connectivity index (χ1n) is 8.72. The fraction of sp³-hybridized carbons (Fsp3) is 0. The van der Waals surface area contributed by atoms with E-state index in [0.717, 1.165) is 23.3 Å². The lowest BCUT2D eigenvalue weighted by Crippen LogP contribution is -2.02. The number of hydrogen-bond acceptors (Lipinski definition) is 5. The molecule has 2 aromatic carbocycles. The predicted octanol–water partition coefficient (Wildman–Crippen LogP) is 4.40. The monoisotopic (exact) mass is 389 g/mol. The van der Waals surface area contributed by atoms with E-state index in [4.69, 9.17) is 10.5 Å². The van der Waals surface area contributed by atoms with Crippen molar-refractivity contribution in [1.82, 2.24) is 19.6 Å². The molecule has 0 atom stereocenters. The van der Waals surface area contributed by atoms with Gasteiger partial charge in [-0.2, -0.15) is 5.10 Å². The van der Waals surface area contributed by atoms with Crippen molar-refractivity contribution in [3.63, 3.8) is 0 Å². The standard InChI is InChI=1S/C21H13F2N5O/c22-15-5-2-6-16(23)19(15)29-14-9-7-12(8-10-14)17-18-20(24)25-11-26-28(18)21(27-17)13-3-1-4-13/h1-11H,(H2,24,25,26). The van der Waals surface area contributed by atoms with E-state index < -0.39 is 17.4 Å². The summed E-state index contributed by atoms with van der Waals surface area (Å²) < 4.78 is 34.6. The van der Waals surface area contributed by atoms with Gasteiger partial charge in [-0.25, -0.2) is 23.3 Å². The topological polar surface area (TPSA) is 78.3 Å². The largest absolute Gasteiger partial charge is 0.451 e. The van der Waals surface area contributed by atoms with Gasteiger partial charge < -0.3 is 10.5 Å². The molecule has 0 amide bonds. The van der Waals surface area contributed by atoms with Crippen LogP contribution >= 0.6 is 0 Å². The smallest absolute Gasteiger partial charge is 0.198 e. The number of benzene rings is 2. The third-order valence-corrected chi connectivity index (χ3v) is 4.54. The summed E-state index contributed by atoms with van der Waals surface area (Å²) in [5.74, 6) is -0.755. The number of nitrogens with zero attached hydrogens (tertiary/aromatic N) is 4. The molecule has 0 saturated heterocycles. The van der Waals surface area contributed by atoms with Crippen molar-refractivity contribution in [2.45, 2.75) is 0 Å². The van der Waals surface area contributed by atoms with E-state index in [2.05, 4.69) is 15.1 Å². The Labute approximate surface area is 163 Å². The maximum atomic E-state index is 13.8. The minimum absolute atomic E-state index is 0.287. The zero-order valence-corrected chi connectivity index (χ0v) is 14.9. The summed E-state index contributed by atoms with van der Waals surface area (Å²) >= 11 is 0. The summed E-state index contributed by atoms with van der Waals surface area (Å²) in [5.41, 5.74) is 8.92. The molecular weight excluding hydrogens is 376 g/mol. The lowest BCUT2D eigenvalue weighted by atomic mass is 10.1. The van der Waals surface area contributed by atoms with Crippen molar-refractivity contribution in [2.75, 3.05) is 5.73 Å². The lowest BCUT2D eigenvalue weighted by molar-refractivity contribution is 0.407. The third-order valence-electron chi connectivity index (χ3n) is 4.54. The SMILES string of the molecule is Nc1ncnn2c(C3=CC=C3)nc(-c3ccc(Oc4c(F)cccc4F)cc3)c12. The van der Waals surface area contributed by atoms with Gasteiger partial charge in [-0.1, -0.05) is 24.3 Å². The Kier molecular flexibility index (Phi) is 3.83. The number of imidazole rings is 1. The molecule has 8 heteroatoms. The van der Waals surface area contributed by atoms with Crippen LogP contribution in [0.2, 0.25) is 0 Å². The molecule has 1 aliphatic rings. The van der Waals surface area contributed by atoms with Crippen LogP contribution in [-0.2, 0) is 0 Å². The first-order chi connectivity index (χ1) is 14.1. The molecule has 0 fully saturated rings. The van der Waals surface area contributed by atoms with Gasteiger partial charge in [-0.05, 0) is 36.4 Å².